The molecular weight excluding hydrogens is 568 g/mol. The van der Waals surface area contributed by atoms with E-state index < -0.39 is 18.0 Å². The van der Waals surface area contributed by atoms with Gasteiger partial charge in [0.2, 0.25) is 0 Å². The van der Waals surface area contributed by atoms with Crippen LogP contribution in [0.25, 0.3) is 0 Å². The summed E-state index contributed by atoms with van der Waals surface area (Å²) in [6.45, 7) is 0. The minimum absolute atomic E-state index is 0. The summed E-state index contributed by atoms with van der Waals surface area (Å²) in [7, 11) is 2.77. The molecule has 2 heterocycles. The zero-order valence-corrected chi connectivity index (χ0v) is 24.9. The van der Waals surface area contributed by atoms with Gasteiger partial charge in [-0.2, -0.15) is 0 Å². The van der Waals surface area contributed by atoms with Gasteiger partial charge in [0.05, 0.1) is 26.6 Å². The standard InChI is InChI=1S/C14H19N3O3.C9H17NO2.C5H4N2O2.ClH/c1-20-14(19)12(10-5-3-2-4-6-10)17-13(18)11-9-15-7-8-16-11;1-12-9(11)8(10)7-5-3-2-4-6-7;8-5(9)4-3-6-1-2-7-4;/h7-10,12H,2-6H2,1H3,(H,17,18);7-8H,2-6,10H2,1H3;1-3H,(H,8,9);1H/t12-;8-;;/m00../s1. The number of methoxy groups -OCH3 is 2. The Morgan fingerprint density at radius 1 is 0.786 bits per heavy atom. The van der Waals surface area contributed by atoms with Gasteiger partial charge in [0.1, 0.15) is 11.7 Å². The molecule has 2 aliphatic carbocycles. The normalized spacial score (nSPS) is 16.4. The number of quaternary nitrogens is 1. The second-order valence-corrected chi connectivity index (χ2v) is 9.89. The molecule has 2 fully saturated rings. The molecule has 4 rings (SSSR count). The van der Waals surface area contributed by atoms with Gasteiger partial charge in [-0.25, -0.2) is 24.4 Å². The van der Waals surface area contributed by atoms with E-state index in [9.17, 15) is 19.2 Å². The Labute approximate surface area is 251 Å². The quantitative estimate of drug-likeness (QED) is 0.321. The summed E-state index contributed by atoms with van der Waals surface area (Å²) in [6, 6.07) is -0.745. The number of hydrogen-bond donors (Lipinski definition) is 3. The summed E-state index contributed by atoms with van der Waals surface area (Å²) in [4.78, 5) is 60.1. The fourth-order valence-electron chi connectivity index (χ4n) is 4.89. The highest BCUT2D eigenvalue weighted by Gasteiger charge is 2.32. The van der Waals surface area contributed by atoms with Crippen molar-refractivity contribution in [1.29, 1.82) is 0 Å². The Kier molecular flexibility index (Phi) is 17.5. The molecule has 0 spiro atoms. The van der Waals surface area contributed by atoms with Crippen LogP contribution in [0.15, 0.2) is 37.2 Å². The maximum Gasteiger partial charge on any atom is 0.364 e. The van der Waals surface area contributed by atoms with E-state index in [1.165, 1.54) is 77.1 Å². The van der Waals surface area contributed by atoms with Crippen LogP contribution in [0.1, 0.15) is 85.2 Å². The Morgan fingerprint density at radius 2 is 1.26 bits per heavy atom. The van der Waals surface area contributed by atoms with E-state index in [2.05, 4.69) is 35.7 Å². The van der Waals surface area contributed by atoms with Crippen molar-refractivity contribution in [2.45, 2.75) is 76.3 Å². The number of aromatic nitrogens is 4. The third kappa shape index (κ3) is 12.4. The zero-order chi connectivity index (χ0) is 30.0. The van der Waals surface area contributed by atoms with Crippen molar-refractivity contribution in [3.05, 3.63) is 48.6 Å². The number of hydrogen-bond acceptors (Lipinski definition) is 10. The fraction of sp³-hybridized carbons (Fsp3) is 0.571. The van der Waals surface area contributed by atoms with Crippen molar-refractivity contribution in [2.24, 2.45) is 11.8 Å². The minimum Gasteiger partial charge on any atom is -1.00 e. The molecule has 0 unspecified atom stereocenters. The summed E-state index contributed by atoms with van der Waals surface area (Å²) in [5.74, 6) is -1.39. The van der Waals surface area contributed by atoms with Crippen LogP contribution >= 0.6 is 0 Å². The van der Waals surface area contributed by atoms with Crippen LogP contribution in [0.4, 0.5) is 0 Å². The first-order valence-corrected chi connectivity index (χ1v) is 13.8. The summed E-state index contributed by atoms with van der Waals surface area (Å²) in [6.07, 6.45) is 19.6. The molecular formula is C28H41ClN6O7. The molecule has 1 amide bonds. The molecule has 14 heteroatoms. The third-order valence-corrected chi connectivity index (χ3v) is 7.16. The molecule has 5 N–H and O–H groups in total. The molecule has 0 bridgehead atoms. The summed E-state index contributed by atoms with van der Waals surface area (Å²) < 4.78 is 9.48. The molecule has 0 aromatic carbocycles. The lowest BCUT2D eigenvalue weighted by Crippen LogP contribution is -3.00. The van der Waals surface area contributed by atoms with Crippen LogP contribution in [0.2, 0.25) is 0 Å². The highest BCUT2D eigenvalue weighted by Crippen LogP contribution is 2.27. The van der Waals surface area contributed by atoms with Gasteiger partial charge in [-0.05, 0) is 31.6 Å². The maximum absolute atomic E-state index is 12.1. The van der Waals surface area contributed by atoms with Crippen molar-refractivity contribution in [3.63, 3.8) is 0 Å². The van der Waals surface area contributed by atoms with Gasteiger partial charge in [0, 0.05) is 30.7 Å². The number of amides is 1. The average molecular weight is 609 g/mol. The Bertz CT molecular complexity index is 1080. The van der Waals surface area contributed by atoms with E-state index in [0.29, 0.717) is 5.92 Å². The lowest BCUT2D eigenvalue weighted by atomic mass is 9.84. The van der Waals surface area contributed by atoms with E-state index >= 15 is 0 Å². The van der Waals surface area contributed by atoms with Gasteiger partial charge < -0.3 is 38.0 Å². The Balaban J connectivity index is 0.000000342. The maximum atomic E-state index is 12.1. The molecule has 2 atom stereocenters. The molecule has 2 aliphatic rings. The van der Waals surface area contributed by atoms with Gasteiger partial charge >= 0.3 is 17.9 Å². The van der Waals surface area contributed by atoms with Gasteiger partial charge in [-0.3, -0.25) is 14.8 Å². The lowest BCUT2D eigenvalue weighted by molar-refractivity contribution is -0.422. The van der Waals surface area contributed by atoms with Crippen molar-refractivity contribution in [2.75, 3.05) is 14.2 Å². The number of nitrogens with zero attached hydrogens (tertiary/aromatic N) is 4. The highest BCUT2D eigenvalue weighted by molar-refractivity contribution is 5.95. The van der Waals surface area contributed by atoms with E-state index in [1.807, 2.05) is 0 Å². The monoisotopic (exact) mass is 608 g/mol. The lowest BCUT2D eigenvalue weighted by Gasteiger charge is -2.28. The van der Waals surface area contributed by atoms with Crippen LogP contribution in [0.3, 0.4) is 0 Å². The van der Waals surface area contributed by atoms with Crippen molar-refractivity contribution < 1.29 is 51.9 Å². The first-order chi connectivity index (χ1) is 19.8. The second-order valence-electron chi connectivity index (χ2n) is 9.89. The third-order valence-electron chi connectivity index (χ3n) is 7.16. The topological polar surface area (TPSA) is 198 Å². The first kappa shape index (κ1) is 36.3. The number of esters is 2. The number of ether oxygens (including phenoxy) is 2. The largest absolute Gasteiger partial charge is 1.00 e. The van der Waals surface area contributed by atoms with Gasteiger partial charge in [0.15, 0.2) is 11.7 Å². The molecule has 0 aliphatic heterocycles. The predicted molar refractivity (Wildman–Crippen MR) is 146 cm³/mol. The number of nitrogens with one attached hydrogen (secondary N) is 1. The molecule has 0 saturated heterocycles. The molecule has 13 nitrogen and oxygen atoms in total. The SMILES string of the molecule is COC(=O)[C@@H](NC(=O)c1cnccn1)C1CCCCC1.COC(=O)[C@@H]([NH3+])C1CCCCC1.O=C(O)c1cnccn1.[Cl-]. The molecule has 2 aromatic rings. The smallest absolute Gasteiger partial charge is 0.364 e. The van der Waals surface area contributed by atoms with Crippen molar-refractivity contribution in [3.8, 4) is 0 Å². The molecule has 2 saturated carbocycles. The number of aromatic carboxylic acids is 1. The number of carboxylic acids is 1. The number of carbonyl (C=O) groups excluding carboxylic acids is 3. The minimum atomic E-state index is -1.05. The predicted octanol–water partition coefficient (Wildman–Crippen LogP) is -1.14. The molecule has 0 radical (unpaired) electrons. The Hall–Kier alpha value is -3.71. The summed E-state index contributed by atoms with van der Waals surface area (Å²) >= 11 is 0. The number of halogens is 1. The zero-order valence-electron chi connectivity index (χ0n) is 24.1. The first-order valence-electron chi connectivity index (χ1n) is 13.8. The van der Waals surface area contributed by atoms with Crippen LogP contribution in [0, 0.1) is 11.8 Å². The second kappa shape index (κ2) is 20.2. The summed E-state index contributed by atoms with van der Waals surface area (Å²) in [5, 5.41) is 11.0. The number of rotatable bonds is 7. The number of carboxylic acid groups (broad SMARTS) is 1. The van der Waals surface area contributed by atoms with E-state index in [1.54, 1.807) is 0 Å². The van der Waals surface area contributed by atoms with E-state index in [-0.39, 0.29) is 47.6 Å². The van der Waals surface area contributed by atoms with Crippen LogP contribution in [0.5, 0.6) is 0 Å². The van der Waals surface area contributed by atoms with Gasteiger partial charge in [-0.15, -0.1) is 0 Å². The van der Waals surface area contributed by atoms with Crippen LogP contribution in [-0.2, 0) is 19.1 Å². The average Bonchev–Trinajstić information content (AvgIpc) is 3.04. The van der Waals surface area contributed by atoms with Crippen LogP contribution < -0.4 is 23.5 Å². The highest BCUT2D eigenvalue weighted by atomic mass is 35.5. The van der Waals surface area contributed by atoms with E-state index in [0.717, 1.165) is 38.5 Å². The fourth-order valence-corrected chi connectivity index (χ4v) is 4.89. The van der Waals surface area contributed by atoms with Crippen molar-refractivity contribution >= 4 is 23.8 Å². The molecule has 2 aromatic heterocycles. The van der Waals surface area contributed by atoms with Crippen molar-refractivity contribution in [1.82, 2.24) is 25.3 Å². The van der Waals surface area contributed by atoms with Gasteiger partial charge in [0.25, 0.3) is 5.91 Å². The summed E-state index contributed by atoms with van der Waals surface area (Å²) in [5.41, 5.74) is 4.03. The number of carbonyl (C=O) groups is 4. The van der Waals surface area contributed by atoms with Gasteiger partial charge in [-0.1, -0.05) is 38.5 Å². The Morgan fingerprint density at radius 3 is 1.67 bits per heavy atom. The van der Waals surface area contributed by atoms with Crippen LogP contribution in [-0.4, -0.2) is 75.2 Å². The molecule has 42 heavy (non-hydrogen) atoms. The van der Waals surface area contributed by atoms with E-state index in [4.69, 9.17) is 9.84 Å². The molecule has 232 valence electrons.